The molecule has 1 unspecified atom stereocenters. The second-order valence-corrected chi connectivity index (χ2v) is 3.58. The molecule has 1 atom stereocenters. The smallest absolute Gasteiger partial charge is 0.121 e. The van der Waals surface area contributed by atoms with Gasteiger partial charge in [0.2, 0.25) is 0 Å². The molecule has 0 aromatic carbocycles. The number of hydrogen-bond donors (Lipinski definition) is 0. The van der Waals surface area contributed by atoms with Crippen molar-refractivity contribution in [1.29, 1.82) is 0 Å². The minimum atomic E-state index is 0.718. The Balaban J connectivity index is 2.36. The molecule has 0 bridgehead atoms. The first kappa shape index (κ1) is 6.96. The average molecular weight is 150 g/mol. The lowest BCUT2D eigenvalue weighted by Gasteiger charge is -2.16. The zero-order valence-electron chi connectivity index (χ0n) is 7.18. The Labute approximate surface area is 67.7 Å². The summed E-state index contributed by atoms with van der Waals surface area (Å²) in [6, 6.07) is 0. The fraction of sp³-hybridized carbons (Fsp3) is 0.600. The Bertz CT molecular complexity index is 235. The molecule has 0 amide bonds. The van der Waals surface area contributed by atoms with Crippen LogP contribution in [0.1, 0.15) is 26.7 Å². The molecule has 1 aliphatic heterocycles. The van der Waals surface area contributed by atoms with E-state index < -0.39 is 0 Å². The lowest BCUT2D eigenvalue weighted by atomic mass is 9.91. The maximum atomic E-state index is 5.53. The molecule has 1 aliphatic carbocycles. The highest BCUT2D eigenvalue weighted by molar-refractivity contribution is 5.36. The normalized spacial score (nSPS) is 29.6. The van der Waals surface area contributed by atoms with E-state index in [-0.39, 0.29) is 0 Å². The van der Waals surface area contributed by atoms with Gasteiger partial charge in [0.05, 0.1) is 6.61 Å². The second-order valence-electron chi connectivity index (χ2n) is 3.58. The Morgan fingerprint density at radius 3 is 3.18 bits per heavy atom. The van der Waals surface area contributed by atoms with E-state index in [9.17, 15) is 0 Å². The van der Waals surface area contributed by atoms with Gasteiger partial charge in [0.25, 0.3) is 0 Å². The molecule has 2 aliphatic rings. The quantitative estimate of drug-likeness (QED) is 0.516. The maximum absolute atomic E-state index is 5.53. The molecule has 0 saturated carbocycles. The number of rotatable bonds is 0. The molecule has 0 radical (unpaired) electrons. The molecule has 1 saturated heterocycles. The van der Waals surface area contributed by atoms with Crippen molar-refractivity contribution in [3.05, 3.63) is 23.0 Å². The van der Waals surface area contributed by atoms with Crippen LogP contribution in [0.4, 0.5) is 0 Å². The van der Waals surface area contributed by atoms with Crippen molar-refractivity contribution in [3.63, 3.8) is 0 Å². The van der Waals surface area contributed by atoms with Gasteiger partial charge >= 0.3 is 0 Å². The van der Waals surface area contributed by atoms with Crippen LogP contribution in [-0.2, 0) is 4.74 Å². The Morgan fingerprint density at radius 1 is 1.55 bits per heavy atom. The second kappa shape index (κ2) is 2.40. The largest absolute Gasteiger partial charge is 0.493 e. The predicted octanol–water partition coefficient (Wildman–Crippen LogP) is 2.65. The van der Waals surface area contributed by atoms with Crippen LogP contribution in [0.15, 0.2) is 23.0 Å². The van der Waals surface area contributed by atoms with Crippen LogP contribution in [0, 0.1) is 5.92 Å². The van der Waals surface area contributed by atoms with Gasteiger partial charge in [0.1, 0.15) is 5.76 Å². The summed E-state index contributed by atoms with van der Waals surface area (Å²) in [6.45, 7) is 5.35. The van der Waals surface area contributed by atoms with Crippen molar-refractivity contribution < 1.29 is 4.74 Å². The zero-order valence-corrected chi connectivity index (χ0v) is 7.18. The first-order valence-corrected chi connectivity index (χ1v) is 4.31. The van der Waals surface area contributed by atoms with E-state index in [0.29, 0.717) is 0 Å². The lowest BCUT2D eigenvalue weighted by Crippen LogP contribution is -2.02. The van der Waals surface area contributed by atoms with E-state index in [0.717, 1.165) is 18.9 Å². The lowest BCUT2D eigenvalue weighted by molar-refractivity contribution is 0.259. The molecule has 1 nitrogen and oxygen atoms in total. The van der Waals surface area contributed by atoms with Gasteiger partial charge in [-0.15, -0.1) is 0 Å². The van der Waals surface area contributed by atoms with Crippen LogP contribution < -0.4 is 0 Å². The van der Waals surface area contributed by atoms with Gasteiger partial charge in [-0.25, -0.2) is 0 Å². The van der Waals surface area contributed by atoms with Gasteiger partial charge in [0, 0.05) is 6.42 Å². The van der Waals surface area contributed by atoms with Gasteiger partial charge < -0.3 is 4.74 Å². The molecule has 0 spiro atoms. The first-order valence-electron chi connectivity index (χ1n) is 4.31. The summed E-state index contributed by atoms with van der Waals surface area (Å²) < 4.78 is 5.53. The summed E-state index contributed by atoms with van der Waals surface area (Å²) >= 11 is 0. The van der Waals surface area contributed by atoms with Gasteiger partial charge in [0.15, 0.2) is 0 Å². The monoisotopic (exact) mass is 150 g/mol. The SMILES string of the molecule is CC1=C2OCCC2=CC(C)C1. The van der Waals surface area contributed by atoms with Crippen LogP contribution in [0.3, 0.4) is 0 Å². The number of hydrogen-bond acceptors (Lipinski definition) is 1. The van der Waals surface area contributed by atoms with E-state index in [2.05, 4.69) is 19.9 Å². The van der Waals surface area contributed by atoms with Crippen LogP contribution in [0.25, 0.3) is 0 Å². The molecular weight excluding hydrogens is 136 g/mol. The Kier molecular flexibility index (Phi) is 1.52. The highest BCUT2D eigenvalue weighted by atomic mass is 16.5. The molecule has 0 N–H and O–H groups in total. The third kappa shape index (κ3) is 1.09. The Morgan fingerprint density at radius 2 is 2.36 bits per heavy atom. The maximum Gasteiger partial charge on any atom is 0.121 e. The van der Waals surface area contributed by atoms with E-state index in [4.69, 9.17) is 4.74 Å². The van der Waals surface area contributed by atoms with Crippen LogP contribution >= 0.6 is 0 Å². The van der Waals surface area contributed by atoms with Crippen molar-refractivity contribution in [2.75, 3.05) is 6.61 Å². The molecule has 1 heterocycles. The highest BCUT2D eigenvalue weighted by Crippen LogP contribution is 2.34. The van der Waals surface area contributed by atoms with E-state index in [1.165, 1.54) is 23.3 Å². The van der Waals surface area contributed by atoms with E-state index in [1.54, 1.807) is 0 Å². The summed E-state index contributed by atoms with van der Waals surface area (Å²) in [6.07, 6.45) is 4.66. The standard InChI is InChI=1S/C10H14O/c1-7-5-8(2)10-9(6-7)3-4-11-10/h6-7H,3-5H2,1-2H3. The van der Waals surface area contributed by atoms with Crippen LogP contribution in [0.2, 0.25) is 0 Å². The zero-order chi connectivity index (χ0) is 7.84. The average Bonchev–Trinajstić information content (AvgIpc) is 2.34. The van der Waals surface area contributed by atoms with Crippen molar-refractivity contribution in [2.24, 2.45) is 5.92 Å². The molecule has 1 heteroatoms. The fourth-order valence-electron chi connectivity index (χ4n) is 2.00. The predicted molar refractivity (Wildman–Crippen MR) is 45.1 cm³/mol. The Hall–Kier alpha value is -0.720. The summed E-state index contributed by atoms with van der Waals surface area (Å²) in [7, 11) is 0. The molecular formula is C10H14O. The number of ether oxygens (including phenoxy) is 1. The molecule has 2 rings (SSSR count). The molecule has 11 heavy (non-hydrogen) atoms. The van der Waals surface area contributed by atoms with Gasteiger partial charge in [-0.1, -0.05) is 13.0 Å². The van der Waals surface area contributed by atoms with Crippen molar-refractivity contribution in [3.8, 4) is 0 Å². The van der Waals surface area contributed by atoms with E-state index >= 15 is 0 Å². The van der Waals surface area contributed by atoms with Gasteiger partial charge in [-0.05, 0) is 30.4 Å². The topological polar surface area (TPSA) is 9.23 Å². The molecule has 0 aromatic heterocycles. The molecule has 0 aromatic rings. The summed E-state index contributed by atoms with van der Waals surface area (Å²) in [5.41, 5.74) is 2.88. The highest BCUT2D eigenvalue weighted by Gasteiger charge is 2.22. The van der Waals surface area contributed by atoms with Gasteiger partial charge in [-0.3, -0.25) is 0 Å². The summed E-state index contributed by atoms with van der Waals surface area (Å²) in [5, 5.41) is 0. The van der Waals surface area contributed by atoms with Gasteiger partial charge in [-0.2, -0.15) is 0 Å². The fourth-order valence-corrected chi connectivity index (χ4v) is 2.00. The number of allylic oxidation sites excluding steroid dienone is 3. The first-order chi connectivity index (χ1) is 5.27. The van der Waals surface area contributed by atoms with Crippen molar-refractivity contribution >= 4 is 0 Å². The summed E-state index contributed by atoms with van der Waals surface area (Å²) in [4.78, 5) is 0. The van der Waals surface area contributed by atoms with Crippen LogP contribution in [0.5, 0.6) is 0 Å². The third-order valence-electron chi connectivity index (χ3n) is 2.41. The van der Waals surface area contributed by atoms with Crippen molar-refractivity contribution in [2.45, 2.75) is 26.7 Å². The van der Waals surface area contributed by atoms with Crippen molar-refractivity contribution in [1.82, 2.24) is 0 Å². The molecule has 60 valence electrons. The third-order valence-corrected chi connectivity index (χ3v) is 2.41. The number of fused-ring (bicyclic) bond motifs is 1. The van der Waals surface area contributed by atoms with Crippen LogP contribution in [-0.4, -0.2) is 6.61 Å². The summed E-state index contributed by atoms with van der Waals surface area (Å²) in [5.74, 6) is 1.92. The minimum absolute atomic E-state index is 0.718. The minimum Gasteiger partial charge on any atom is -0.493 e. The molecule has 1 fully saturated rings. The van der Waals surface area contributed by atoms with E-state index in [1.807, 2.05) is 0 Å².